The van der Waals surface area contributed by atoms with Crippen LogP contribution in [0.25, 0.3) is 0 Å². The average molecular weight is 422 g/mol. The van der Waals surface area contributed by atoms with Crippen LogP contribution in [0.1, 0.15) is 45.1 Å². The standard InChI is InChI=1S/C16H24ClN3.HI/c1-12(2)20-15(18)19-11-16(9-3-4-10-16)13-5-7-14(17)8-6-13;/h5-8,12H,3-4,9-11H2,1-2H3,(H3,18,19,20);1H. The van der Waals surface area contributed by atoms with Gasteiger partial charge in [0.15, 0.2) is 5.96 Å². The summed E-state index contributed by atoms with van der Waals surface area (Å²) >= 11 is 5.99. The molecule has 1 aromatic rings. The fraction of sp³-hybridized carbons (Fsp3) is 0.562. The number of guanidine groups is 1. The van der Waals surface area contributed by atoms with Crippen molar-refractivity contribution in [1.29, 1.82) is 0 Å². The molecule has 1 aromatic carbocycles. The molecule has 3 nitrogen and oxygen atoms in total. The number of nitrogens with two attached hydrogens (primary N) is 1. The van der Waals surface area contributed by atoms with Crippen LogP contribution < -0.4 is 11.1 Å². The smallest absolute Gasteiger partial charge is 0.188 e. The lowest BCUT2D eigenvalue weighted by atomic mass is 9.79. The van der Waals surface area contributed by atoms with Crippen LogP contribution in [0.3, 0.4) is 0 Å². The Hall–Kier alpha value is -0.490. The zero-order valence-corrected chi connectivity index (χ0v) is 15.8. The maximum absolute atomic E-state index is 5.99. The molecule has 0 heterocycles. The van der Waals surface area contributed by atoms with Gasteiger partial charge in [0.05, 0.1) is 6.54 Å². The van der Waals surface area contributed by atoms with E-state index in [4.69, 9.17) is 17.3 Å². The topological polar surface area (TPSA) is 50.4 Å². The van der Waals surface area contributed by atoms with Gasteiger partial charge in [-0.1, -0.05) is 36.6 Å². The molecule has 1 aliphatic rings. The van der Waals surface area contributed by atoms with Crippen molar-refractivity contribution >= 4 is 41.5 Å². The number of halogens is 2. The molecule has 0 aliphatic heterocycles. The lowest BCUT2D eigenvalue weighted by molar-refractivity contribution is 0.453. The molecule has 118 valence electrons. The lowest BCUT2D eigenvalue weighted by Crippen LogP contribution is -2.38. The van der Waals surface area contributed by atoms with Crippen molar-refractivity contribution in [2.75, 3.05) is 6.54 Å². The van der Waals surface area contributed by atoms with E-state index in [2.05, 4.69) is 36.3 Å². The van der Waals surface area contributed by atoms with Gasteiger partial charge in [-0.25, -0.2) is 0 Å². The fourth-order valence-corrected chi connectivity index (χ4v) is 3.10. The molecule has 0 amide bonds. The molecule has 3 N–H and O–H groups in total. The van der Waals surface area contributed by atoms with Gasteiger partial charge in [0, 0.05) is 16.5 Å². The first-order valence-corrected chi connectivity index (χ1v) is 7.72. The molecule has 0 spiro atoms. The van der Waals surface area contributed by atoms with Gasteiger partial charge < -0.3 is 11.1 Å². The zero-order chi connectivity index (χ0) is 14.6. The molecule has 2 rings (SSSR count). The second kappa shape index (κ2) is 8.22. The summed E-state index contributed by atoms with van der Waals surface area (Å²) in [6, 6.07) is 8.52. The van der Waals surface area contributed by atoms with Crippen LogP contribution in [-0.2, 0) is 5.41 Å². The number of hydrogen-bond acceptors (Lipinski definition) is 1. The molecular formula is C16H25ClIN3. The Balaban J connectivity index is 0.00000220. The number of hydrogen-bond donors (Lipinski definition) is 2. The molecular weight excluding hydrogens is 397 g/mol. The summed E-state index contributed by atoms with van der Waals surface area (Å²) in [6.45, 7) is 4.88. The minimum atomic E-state index is 0. The van der Waals surface area contributed by atoms with E-state index in [1.54, 1.807) is 0 Å². The minimum absolute atomic E-state index is 0. The summed E-state index contributed by atoms with van der Waals surface area (Å²) in [6.07, 6.45) is 4.87. The van der Waals surface area contributed by atoms with Crippen molar-refractivity contribution in [2.24, 2.45) is 10.7 Å². The van der Waals surface area contributed by atoms with Crippen LogP contribution in [0.2, 0.25) is 5.02 Å². The van der Waals surface area contributed by atoms with E-state index in [0.717, 1.165) is 11.6 Å². The predicted molar refractivity (Wildman–Crippen MR) is 102 cm³/mol. The summed E-state index contributed by atoms with van der Waals surface area (Å²) in [5.74, 6) is 0.542. The van der Waals surface area contributed by atoms with Gasteiger partial charge in [0.1, 0.15) is 0 Å². The minimum Gasteiger partial charge on any atom is -0.370 e. The second-order valence-corrected chi connectivity index (χ2v) is 6.43. The third kappa shape index (κ3) is 5.02. The third-order valence-electron chi connectivity index (χ3n) is 4.01. The molecule has 0 unspecified atom stereocenters. The van der Waals surface area contributed by atoms with Crippen LogP contribution in [0, 0.1) is 0 Å². The molecule has 5 heteroatoms. The monoisotopic (exact) mass is 421 g/mol. The van der Waals surface area contributed by atoms with Crippen LogP contribution in [-0.4, -0.2) is 18.5 Å². The average Bonchev–Trinajstić information content (AvgIpc) is 2.86. The predicted octanol–water partition coefficient (Wildman–Crippen LogP) is 4.08. The molecule has 0 bridgehead atoms. The first kappa shape index (κ1) is 18.6. The molecule has 1 saturated carbocycles. The van der Waals surface area contributed by atoms with Crippen molar-refractivity contribution in [1.82, 2.24) is 5.32 Å². The summed E-state index contributed by atoms with van der Waals surface area (Å²) in [7, 11) is 0. The van der Waals surface area contributed by atoms with Gasteiger partial charge in [0.2, 0.25) is 0 Å². The second-order valence-electron chi connectivity index (χ2n) is 5.99. The van der Waals surface area contributed by atoms with E-state index in [9.17, 15) is 0 Å². The zero-order valence-electron chi connectivity index (χ0n) is 12.7. The Kier molecular flexibility index (Phi) is 7.27. The van der Waals surface area contributed by atoms with Crippen molar-refractivity contribution in [3.8, 4) is 0 Å². The summed E-state index contributed by atoms with van der Waals surface area (Å²) in [4.78, 5) is 4.57. The van der Waals surface area contributed by atoms with E-state index in [-0.39, 0.29) is 29.4 Å². The molecule has 1 fully saturated rings. The highest BCUT2D eigenvalue weighted by atomic mass is 127. The number of rotatable bonds is 4. The van der Waals surface area contributed by atoms with Gasteiger partial charge in [-0.05, 0) is 44.4 Å². The summed E-state index contributed by atoms with van der Waals surface area (Å²) < 4.78 is 0. The maximum atomic E-state index is 5.99. The van der Waals surface area contributed by atoms with Crippen molar-refractivity contribution < 1.29 is 0 Å². The Labute approximate surface area is 149 Å². The Morgan fingerprint density at radius 3 is 2.38 bits per heavy atom. The van der Waals surface area contributed by atoms with Crippen molar-refractivity contribution in [2.45, 2.75) is 51.0 Å². The van der Waals surface area contributed by atoms with Crippen LogP contribution >= 0.6 is 35.6 Å². The van der Waals surface area contributed by atoms with Gasteiger partial charge in [-0.2, -0.15) is 0 Å². The molecule has 0 radical (unpaired) electrons. The third-order valence-corrected chi connectivity index (χ3v) is 4.26. The van der Waals surface area contributed by atoms with E-state index < -0.39 is 0 Å². The highest BCUT2D eigenvalue weighted by Crippen LogP contribution is 2.41. The fourth-order valence-electron chi connectivity index (χ4n) is 2.97. The van der Waals surface area contributed by atoms with Gasteiger partial charge in [0.25, 0.3) is 0 Å². The molecule has 1 aliphatic carbocycles. The number of nitrogens with one attached hydrogen (secondary N) is 1. The van der Waals surface area contributed by atoms with Gasteiger partial charge >= 0.3 is 0 Å². The van der Waals surface area contributed by atoms with E-state index in [0.29, 0.717) is 12.0 Å². The lowest BCUT2D eigenvalue weighted by Gasteiger charge is -2.28. The highest BCUT2D eigenvalue weighted by Gasteiger charge is 2.35. The molecule has 0 aromatic heterocycles. The quantitative estimate of drug-likeness (QED) is 0.437. The van der Waals surface area contributed by atoms with Crippen LogP contribution in [0.15, 0.2) is 29.3 Å². The maximum Gasteiger partial charge on any atom is 0.188 e. The Morgan fingerprint density at radius 2 is 1.86 bits per heavy atom. The highest BCUT2D eigenvalue weighted by molar-refractivity contribution is 14.0. The number of aliphatic imine (C=N–C) groups is 1. The van der Waals surface area contributed by atoms with Gasteiger partial charge in [-0.3, -0.25) is 4.99 Å². The SMILES string of the molecule is CC(C)NC(N)=NCC1(c2ccc(Cl)cc2)CCCC1.I. The van der Waals surface area contributed by atoms with E-state index in [1.807, 2.05) is 12.1 Å². The molecule has 21 heavy (non-hydrogen) atoms. The summed E-state index contributed by atoms with van der Waals surface area (Å²) in [5.41, 5.74) is 7.40. The Bertz CT molecular complexity index is 465. The van der Waals surface area contributed by atoms with Gasteiger partial charge in [-0.15, -0.1) is 24.0 Å². The normalized spacial score (nSPS) is 17.6. The van der Waals surface area contributed by atoms with E-state index in [1.165, 1.54) is 31.2 Å². The first-order valence-electron chi connectivity index (χ1n) is 7.34. The van der Waals surface area contributed by atoms with Crippen LogP contribution in [0.5, 0.6) is 0 Å². The number of benzene rings is 1. The first-order chi connectivity index (χ1) is 9.52. The summed E-state index contributed by atoms with van der Waals surface area (Å²) in [5, 5.41) is 3.93. The van der Waals surface area contributed by atoms with Crippen molar-refractivity contribution in [3.05, 3.63) is 34.9 Å². The van der Waals surface area contributed by atoms with Crippen LogP contribution in [0.4, 0.5) is 0 Å². The van der Waals surface area contributed by atoms with Crippen molar-refractivity contribution in [3.63, 3.8) is 0 Å². The molecule has 0 saturated heterocycles. The largest absolute Gasteiger partial charge is 0.370 e. The Morgan fingerprint density at radius 1 is 1.29 bits per heavy atom. The van der Waals surface area contributed by atoms with E-state index >= 15 is 0 Å². The number of nitrogens with zero attached hydrogens (tertiary/aromatic N) is 1. The molecule has 0 atom stereocenters.